The first-order chi connectivity index (χ1) is 11.4. The van der Waals surface area contributed by atoms with Gasteiger partial charge >= 0.3 is 0 Å². The maximum absolute atomic E-state index is 12.5. The fraction of sp³-hybridized carbons (Fsp3) is 0.750. The minimum absolute atomic E-state index is 0.0626. The Bertz CT molecular complexity index is 529. The summed E-state index contributed by atoms with van der Waals surface area (Å²) in [5, 5.41) is 2.78. The Balaban J connectivity index is 2.00. The fourth-order valence-electron chi connectivity index (χ4n) is 2.99. The van der Waals surface area contributed by atoms with E-state index in [1.807, 2.05) is 6.92 Å². The second-order valence-electron chi connectivity index (χ2n) is 6.85. The van der Waals surface area contributed by atoms with Crippen molar-refractivity contribution in [3.05, 3.63) is 0 Å². The number of aliphatic imine (C=N–C) groups is 1. The lowest BCUT2D eigenvalue weighted by molar-refractivity contribution is -0.953. The number of nitrogens with one attached hydrogen (secondary N) is 2. The molecule has 24 heavy (non-hydrogen) atoms. The number of rotatable bonds is 6. The molecule has 0 bridgehead atoms. The lowest BCUT2D eigenvalue weighted by Gasteiger charge is -2.36. The lowest BCUT2D eigenvalue weighted by atomic mass is 10.0. The molecule has 0 saturated carbocycles. The van der Waals surface area contributed by atoms with E-state index in [4.69, 9.17) is 17.0 Å². The van der Waals surface area contributed by atoms with Gasteiger partial charge in [0.1, 0.15) is 18.6 Å². The second-order valence-corrected chi connectivity index (χ2v) is 7.24. The van der Waals surface area contributed by atoms with E-state index < -0.39 is 11.8 Å². The molecule has 0 unspecified atom stereocenters. The summed E-state index contributed by atoms with van der Waals surface area (Å²) < 4.78 is 5.39. The standard InChI is InChI=1S/C16H26N4O3S/c1-4-5-20-14(22)12(13(21)18-15(20)24)10-17-11-16(2,3)19-6-8-23-9-7-19/h10,12H,4-9,11H2,1-3H3,(H,18,21,24)/p+1/t12-/m1/s1. The van der Waals surface area contributed by atoms with E-state index in [0.29, 0.717) is 13.1 Å². The number of hydrogen-bond donors (Lipinski definition) is 2. The van der Waals surface area contributed by atoms with Crippen molar-refractivity contribution in [2.24, 2.45) is 10.9 Å². The molecule has 2 rings (SSSR count). The number of thiocarbonyl (C=S) groups is 1. The quantitative estimate of drug-likeness (QED) is 0.365. The Morgan fingerprint density at radius 2 is 2.08 bits per heavy atom. The van der Waals surface area contributed by atoms with Crippen molar-refractivity contribution >= 4 is 35.4 Å². The number of carbonyl (C=O) groups excluding carboxylic acids is 2. The summed E-state index contributed by atoms with van der Waals surface area (Å²) in [5.74, 6) is -1.57. The van der Waals surface area contributed by atoms with Gasteiger partial charge in [0.05, 0.1) is 19.8 Å². The average Bonchev–Trinajstić information content (AvgIpc) is 2.55. The Hall–Kier alpha value is -1.38. The molecule has 0 aromatic carbocycles. The molecule has 0 aliphatic carbocycles. The van der Waals surface area contributed by atoms with Gasteiger partial charge in [0.25, 0.3) is 0 Å². The van der Waals surface area contributed by atoms with Crippen LogP contribution in [0, 0.1) is 5.92 Å². The molecule has 1 atom stereocenters. The van der Waals surface area contributed by atoms with Gasteiger partial charge in [-0.3, -0.25) is 19.5 Å². The monoisotopic (exact) mass is 355 g/mol. The molecule has 0 spiro atoms. The zero-order chi connectivity index (χ0) is 17.7. The first-order valence-corrected chi connectivity index (χ1v) is 8.86. The van der Waals surface area contributed by atoms with Crippen LogP contribution >= 0.6 is 12.2 Å². The molecule has 2 saturated heterocycles. The van der Waals surface area contributed by atoms with Gasteiger partial charge in [-0.2, -0.15) is 0 Å². The maximum Gasteiger partial charge on any atom is 0.246 e. The van der Waals surface area contributed by atoms with Crippen LogP contribution < -0.4 is 10.2 Å². The van der Waals surface area contributed by atoms with Gasteiger partial charge in [0.2, 0.25) is 11.8 Å². The van der Waals surface area contributed by atoms with Gasteiger partial charge in [0, 0.05) is 12.8 Å². The molecule has 8 heteroatoms. The van der Waals surface area contributed by atoms with Crippen LogP contribution in [-0.4, -0.2) is 73.0 Å². The van der Waals surface area contributed by atoms with E-state index in [9.17, 15) is 9.59 Å². The summed E-state index contributed by atoms with van der Waals surface area (Å²) in [5.41, 5.74) is -0.0626. The second kappa shape index (κ2) is 8.13. The van der Waals surface area contributed by atoms with Gasteiger partial charge in [0.15, 0.2) is 11.0 Å². The highest BCUT2D eigenvalue weighted by Crippen LogP contribution is 2.10. The highest BCUT2D eigenvalue weighted by molar-refractivity contribution is 7.80. The number of morpholine rings is 1. The lowest BCUT2D eigenvalue weighted by Crippen LogP contribution is -3.21. The number of hydrogen-bond acceptors (Lipinski definition) is 5. The predicted octanol–water partition coefficient (Wildman–Crippen LogP) is -0.980. The molecule has 2 N–H and O–H groups in total. The van der Waals surface area contributed by atoms with Crippen LogP contribution in [0.15, 0.2) is 4.99 Å². The molecule has 2 fully saturated rings. The van der Waals surface area contributed by atoms with Crippen molar-refractivity contribution in [1.82, 2.24) is 10.2 Å². The van der Waals surface area contributed by atoms with E-state index in [0.717, 1.165) is 32.7 Å². The van der Waals surface area contributed by atoms with Gasteiger partial charge in [-0.1, -0.05) is 6.92 Å². The van der Waals surface area contributed by atoms with E-state index in [-0.39, 0.29) is 16.6 Å². The third kappa shape index (κ3) is 4.37. The Kier molecular flexibility index (Phi) is 6.42. The number of nitrogens with zero attached hydrogens (tertiary/aromatic N) is 2. The van der Waals surface area contributed by atoms with Crippen molar-refractivity contribution in [3.63, 3.8) is 0 Å². The van der Waals surface area contributed by atoms with E-state index in [1.165, 1.54) is 16.0 Å². The predicted molar refractivity (Wildman–Crippen MR) is 95.2 cm³/mol. The minimum Gasteiger partial charge on any atom is -0.370 e. The topological polar surface area (TPSA) is 75.4 Å². The molecular weight excluding hydrogens is 328 g/mol. The molecule has 2 aliphatic rings. The molecule has 134 valence electrons. The molecule has 7 nitrogen and oxygen atoms in total. The zero-order valence-corrected chi connectivity index (χ0v) is 15.4. The Morgan fingerprint density at radius 1 is 1.42 bits per heavy atom. The van der Waals surface area contributed by atoms with Crippen LogP contribution in [0.3, 0.4) is 0 Å². The Labute approximate surface area is 148 Å². The van der Waals surface area contributed by atoms with Crippen molar-refractivity contribution in [1.29, 1.82) is 0 Å². The first-order valence-electron chi connectivity index (χ1n) is 8.46. The van der Waals surface area contributed by atoms with Crippen LogP contribution in [-0.2, 0) is 14.3 Å². The van der Waals surface area contributed by atoms with Gasteiger partial charge < -0.3 is 15.0 Å². The summed E-state index contributed by atoms with van der Waals surface area (Å²) in [7, 11) is 0. The summed E-state index contributed by atoms with van der Waals surface area (Å²) in [6.45, 7) is 10.7. The van der Waals surface area contributed by atoms with Gasteiger partial charge in [-0.25, -0.2) is 0 Å². The number of amides is 2. The number of ether oxygens (including phenoxy) is 1. The molecule has 0 aromatic heterocycles. The van der Waals surface area contributed by atoms with E-state index in [2.05, 4.69) is 24.2 Å². The number of carbonyl (C=O) groups is 2. The molecule has 0 radical (unpaired) electrons. The third-order valence-corrected chi connectivity index (χ3v) is 4.85. The normalized spacial score (nSPS) is 23.9. The third-order valence-electron chi connectivity index (χ3n) is 4.53. The zero-order valence-electron chi connectivity index (χ0n) is 14.6. The number of quaternary nitrogens is 1. The van der Waals surface area contributed by atoms with Crippen molar-refractivity contribution in [2.45, 2.75) is 32.7 Å². The maximum atomic E-state index is 12.5. The van der Waals surface area contributed by atoms with Crippen LogP contribution in [0.25, 0.3) is 0 Å². The summed E-state index contributed by atoms with van der Waals surface area (Å²) >= 11 is 5.07. The first kappa shape index (κ1) is 19.0. The van der Waals surface area contributed by atoms with E-state index >= 15 is 0 Å². The molecule has 0 aromatic rings. The molecule has 2 amide bonds. The van der Waals surface area contributed by atoms with Crippen LogP contribution in [0.4, 0.5) is 0 Å². The van der Waals surface area contributed by atoms with Crippen molar-refractivity contribution in [2.75, 3.05) is 39.4 Å². The summed E-state index contributed by atoms with van der Waals surface area (Å²) in [4.78, 5) is 31.8. The minimum atomic E-state index is -0.890. The fourth-order valence-corrected chi connectivity index (χ4v) is 3.27. The van der Waals surface area contributed by atoms with Crippen molar-refractivity contribution in [3.8, 4) is 0 Å². The van der Waals surface area contributed by atoms with Gasteiger partial charge in [-0.15, -0.1) is 0 Å². The van der Waals surface area contributed by atoms with Crippen LogP contribution in [0.5, 0.6) is 0 Å². The average molecular weight is 355 g/mol. The largest absolute Gasteiger partial charge is 0.370 e. The van der Waals surface area contributed by atoms with Crippen LogP contribution in [0.1, 0.15) is 27.2 Å². The molecular formula is C16H27N4O3S+. The smallest absolute Gasteiger partial charge is 0.246 e. The highest BCUT2D eigenvalue weighted by atomic mass is 32.1. The molecule has 2 aliphatic heterocycles. The Morgan fingerprint density at radius 3 is 2.71 bits per heavy atom. The summed E-state index contributed by atoms with van der Waals surface area (Å²) in [6.07, 6.45) is 2.25. The SMILES string of the molecule is CCCN1C(=O)[C@H](C=NCC(C)(C)[NH+]2CCOCC2)C(=O)NC1=S. The molecule has 2 heterocycles. The van der Waals surface area contributed by atoms with Crippen LogP contribution in [0.2, 0.25) is 0 Å². The summed E-state index contributed by atoms with van der Waals surface area (Å²) in [6, 6.07) is 0. The van der Waals surface area contributed by atoms with Crippen molar-refractivity contribution < 1.29 is 19.2 Å². The highest BCUT2D eigenvalue weighted by Gasteiger charge is 2.37. The van der Waals surface area contributed by atoms with Gasteiger partial charge in [-0.05, 0) is 32.5 Å². The van der Waals surface area contributed by atoms with E-state index in [1.54, 1.807) is 0 Å².